The largest absolute Gasteiger partial charge is 0.462 e. The molecule has 4 nitrogen and oxygen atoms in total. The highest BCUT2D eigenvalue weighted by Gasteiger charge is 2.20. The zero-order chi connectivity index (χ0) is 20.1. The fourth-order valence-corrected chi connectivity index (χ4v) is 3.87. The number of pyridine rings is 1. The number of hydrogen-bond donors (Lipinski definition) is 0. The summed E-state index contributed by atoms with van der Waals surface area (Å²) >= 11 is 13.5. The monoisotopic (exact) mass is 428 g/mol. The van der Waals surface area contributed by atoms with E-state index in [0.717, 1.165) is 5.56 Å². The maximum absolute atomic E-state index is 12.5. The predicted octanol–water partition coefficient (Wildman–Crippen LogP) is 6.25. The van der Waals surface area contributed by atoms with Crippen molar-refractivity contribution in [3.8, 4) is 17.3 Å². The minimum absolute atomic E-state index is 0.228. The summed E-state index contributed by atoms with van der Waals surface area (Å²) < 4.78 is 5.15. The molecule has 0 aliphatic heterocycles. The third-order valence-electron chi connectivity index (χ3n) is 3.75. The van der Waals surface area contributed by atoms with E-state index < -0.39 is 5.97 Å². The number of aromatic nitrogens is 1. The molecule has 7 heteroatoms. The molecule has 0 unspecified atom stereocenters. The number of rotatable bonds is 5. The van der Waals surface area contributed by atoms with E-state index in [-0.39, 0.29) is 17.7 Å². The van der Waals surface area contributed by atoms with E-state index in [1.165, 1.54) is 17.8 Å². The van der Waals surface area contributed by atoms with Crippen molar-refractivity contribution < 1.29 is 9.53 Å². The van der Waals surface area contributed by atoms with Crippen molar-refractivity contribution in [2.24, 2.45) is 0 Å². The first kappa shape index (κ1) is 20.2. The minimum atomic E-state index is -0.522. The van der Waals surface area contributed by atoms with E-state index in [4.69, 9.17) is 27.9 Å². The number of carbonyl (C=O) groups excluding carboxylic acids is 1. The van der Waals surface area contributed by atoms with E-state index in [0.29, 0.717) is 25.7 Å². The van der Waals surface area contributed by atoms with Gasteiger partial charge in [0.15, 0.2) is 0 Å². The fraction of sp³-hybridized carbons (Fsp3) is 0.0952. The van der Waals surface area contributed by atoms with Gasteiger partial charge in [0, 0.05) is 15.5 Å². The van der Waals surface area contributed by atoms with Crippen molar-refractivity contribution in [2.45, 2.75) is 16.8 Å². The number of nitriles is 1. The lowest BCUT2D eigenvalue weighted by Gasteiger charge is -2.12. The van der Waals surface area contributed by atoms with Gasteiger partial charge in [-0.1, -0.05) is 65.3 Å². The van der Waals surface area contributed by atoms with Gasteiger partial charge in [0.05, 0.1) is 28.5 Å². The molecule has 28 heavy (non-hydrogen) atoms. The van der Waals surface area contributed by atoms with Crippen LogP contribution in [0.3, 0.4) is 0 Å². The normalized spacial score (nSPS) is 10.4. The number of ether oxygens (including phenoxy) is 1. The zero-order valence-corrected chi connectivity index (χ0v) is 17.1. The van der Waals surface area contributed by atoms with Gasteiger partial charge in [-0.2, -0.15) is 5.26 Å². The molecule has 1 aromatic heterocycles. The van der Waals surface area contributed by atoms with Crippen LogP contribution in [0.2, 0.25) is 10.0 Å². The lowest BCUT2D eigenvalue weighted by Crippen LogP contribution is -2.09. The van der Waals surface area contributed by atoms with Gasteiger partial charge < -0.3 is 4.74 Å². The second kappa shape index (κ2) is 9.11. The molecule has 0 saturated heterocycles. The molecule has 3 rings (SSSR count). The highest BCUT2D eigenvalue weighted by atomic mass is 35.5. The predicted molar refractivity (Wildman–Crippen MR) is 111 cm³/mol. The summed E-state index contributed by atoms with van der Waals surface area (Å²) in [5.41, 5.74) is 1.71. The molecule has 0 aliphatic carbocycles. The van der Waals surface area contributed by atoms with E-state index >= 15 is 0 Å². The van der Waals surface area contributed by atoms with E-state index in [1.54, 1.807) is 25.1 Å². The van der Waals surface area contributed by atoms with Crippen LogP contribution in [-0.4, -0.2) is 17.6 Å². The molecule has 0 N–H and O–H groups in total. The quantitative estimate of drug-likeness (QED) is 0.449. The summed E-state index contributed by atoms with van der Waals surface area (Å²) in [6, 6.07) is 18.0. The third-order valence-corrected chi connectivity index (χ3v) is 5.49. The van der Waals surface area contributed by atoms with E-state index in [2.05, 4.69) is 11.1 Å². The van der Waals surface area contributed by atoms with Crippen molar-refractivity contribution in [1.29, 1.82) is 5.26 Å². The molecule has 0 aliphatic rings. The summed E-state index contributed by atoms with van der Waals surface area (Å²) in [6.45, 7) is 1.96. The first-order chi connectivity index (χ1) is 13.5. The van der Waals surface area contributed by atoms with Gasteiger partial charge >= 0.3 is 5.97 Å². The highest BCUT2D eigenvalue weighted by molar-refractivity contribution is 7.99. The molecule has 0 spiro atoms. The molecule has 0 atom stereocenters. The Morgan fingerprint density at radius 2 is 1.93 bits per heavy atom. The van der Waals surface area contributed by atoms with Crippen molar-refractivity contribution in [3.05, 3.63) is 75.8 Å². The van der Waals surface area contributed by atoms with Crippen molar-refractivity contribution >= 4 is 40.9 Å². The Bertz CT molecular complexity index is 1070. The topological polar surface area (TPSA) is 63.0 Å². The molecule has 2 aromatic carbocycles. The van der Waals surface area contributed by atoms with E-state index in [9.17, 15) is 10.1 Å². The highest BCUT2D eigenvalue weighted by Crippen LogP contribution is 2.37. The molecular weight excluding hydrogens is 415 g/mol. The van der Waals surface area contributed by atoms with Crippen LogP contribution >= 0.6 is 35.0 Å². The Morgan fingerprint density at radius 3 is 2.57 bits per heavy atom. The summed E-state index contributed by atoms with van der Waals surface area (Å²) in [4.78, 5) is 17.8. The summed E-state index contributed by atoms with van der Waals surface area (Å²) in [7, 11) is 0. The van der Waals surface area contributed by atoms with Crippen molar-refractivity contribution in [3.63, 3.8) is 0 Å². The number of hydrogen-bond acceptors (Lipinski definition) is 5. The van der Waals surface area contributed by atoms with Crippen LogP contribution in [0, 0.1) is 11.3 Å². The Balaban J connectivity index is 2.15. The summed E-state index contributed by atoms with van der Waals surface area (Å²) in [6.07, 6.45) is 0. The Labute approximate surface area is 177 Å². The Kier molecular flexibility index (Phi) is 6.58. The molecule has 0 amide bonds. The van der Waals surface area contributed by atoms with Gasteiger partial charge in [0.2, 0.25) is 0 Å². The lowest BCUT2D eigenvalue weighted by molar-refractivity contribution is 0.0526. The lowest BCUT2D eigenvalue weighted by atomic mass is 10.0. The number of esters is 1. The first-order valence-electron chi connectivity index (χ1n) is 8.34. The minimum Gasteiger partial charge on any atom is -0.462 e. The molecule has 0 fully saturated rings. The van der Waals surface area contributed by atoms with Crippen molar-refractivity contribution in [2.75, 3.05) is 6.61 Å². The van der Waals surface area contributed by atoms with Gasteiger partial charge in [-0.15, -0.1) is 0 Å². The maximum atomic E-state index is 12.5. The first-order valence-corrected chi connectivity index (χ1v) is 9.91. The third kappa shape index (κ3) is 4.48. The van der Waals surface area contributed by atoms with Crippen LogP contribution in [-0.2, 0) is 4.74 Å². The van der Waals surface area contributed by atoms with Crippen LogP contribution < -0.4 is 0 Å². The molecule has 1 heterocycles. The average Bonchev–Trinajstić information content (AvgIpc) is 2.70. The van der Waals surface area contributed by atoms with Crippen LogP contribution in [0.1, 0.15) is 22.8 Å². The van der Waals surface area contributed by atoms with Crippen LogP contribution in [0.4, 0.5) is 0 Å². The molecule has 0 bridgehead atoms. The van der Waals surface area contributed by atoms with Gasteiger partial charge in [-0.3, -0.25) is 0 Å². The SMILES string of the molecule is CCOC(=O)c1cc(C#N)c(Sc2ccc(Cl)cc2Cl)nc1-c1ccccc1. The Morgan fingerprint density at radius 1 is 1.18 bits per heavy atom. The summed E-state index contributed by atoms with van der Waals surface area (Å²) in [5.74, 6) is -0.522. The number of benzene rings is 2. The summed E-state index contributed by atoms with van der Waals surface area (Å²) in [5, 5.41) is 11.0. The van der Waals surface area contributed by atoms with E-state index in [1.807, 2.05) is 30.3 Å². The molecule has 0 saturated carbocycles. The van der Waals surface area contributed by atoms with Gasteiger partial charge in [0.1, 0.15) is 11.1 Å². The standard InChI is InChI=1S/C21H14Cl2N2O2S/c1-2-27-21(26)16-10-14(12-24)20(25-19(16)13-6-4-3-5-7-13)28-18-9-8-15(22)11-17(18)23/h3-11H,2H2,1H3. The Hall–Kier alpha value is -2.52. The second-order valence-electron chi connectivity index (χ2n) is 5.61. The van der Waals surface area contributed by atoms with Gasteiger partial charge in [0.25, 0.3) is 0 Å². The van der Waals surface area contributed by atoms with Crippen LogP contribution in [0.5, 0.6) is 0 Å². The molecular formula is C21H14Cl2N2O2S. The zero-order valence-electron chi connectivity index (χ0n) is 14.8. The maximum Gasteiger partial charge on any atom is 0.340 e. The van der Waals surface area contributed by atoms with Crippen LogP contribution in [0.25, 0.3) is 11.3 Å². The number of carbonyl (C=O) groups is 1. The van der Waals surface area contributed by atoms with Crippen LogP contribution in [0.15, 0.2) is 64.5 Å². The number of nitrogens with zero attached hydrogens (tertiary/aromatic N) is 2. The molecule has 3 aromatic rings. The fourth-order valence-electron chi connectivity index (χ4n) is 2.50. The molecule has 0 radical (unpaired) electrons. The van der Waals surface area contributed by atoms with Crippen molar-refractivity contribution in [1.82, 2.24) is 4.98 Å². The van der Waals surface area contributed by atoms with Gasteiger partial charge in [-0.25, -0.2) is 9.78 Å². The van der Waals surface area contributed by atoms with Gasteiger partial charge in [-0.05, 0) is 31.2 Å². The second-order valence-corrected chi connectivity index (χ2v) is 7.49. The molecule has 140 valence electrons. The number of halogens is 2. The average molecular weight is 429 g/mol. The smallest absolute Gasteiger partial charge is 0.340 e.